The highest BCUT2D eigenvalue weighted by molar-refractivity contribution is 6.42. The Balaban J connectivity index is 2.31. The van der Waals surface area contributed by atoms with Crippen molar-refractivity contribution in [2.24, 2.45) is 0 Å². The third-order valence-corrected chi connectivity index (χ3v) is 4.47. The summed E-state index contributed by atoms with van der Waals surface area (Å²) in [5, 5.41) is 0.370. The summed E-state index contributed by atoms with van der Waals surface area (Å²) in [5.41, 5.74) is 4.09. The van der Waals surface area contributed by atoms with E-state index in [-0.39, 0.29) is 12.2 Å². The summed E-state index contributed by atoms with van der Waals surface area (Å²) in [5.74, 6) is -0.938. The smallest absolute Gasteiger partial charge is 0.379 e. The summed E-state index contributed by atoms with van der Waals surface area (Å²) in [6, 6.07) is 8.90. The molecule has 0 heterocycles. The van der Waals surface area contributed by atoms with Crippen molar-refractivity contribution in [3.63, 3.8) is 0 Å². The largest absolute Gasteiger partial charge is 0.489 e. The van der Waals surface area contributed by atoms with Crippen LogP contribution >= 0.6 is 11.6 Å². The normalized spacial score (nSPS) is 10.4. The molecule has 132 valence electrons. The zero-order valence-electron chi connectivity index (χ0n) is 14.8. The third-order valence-electron chi connectivity index (χ3n) is 4.12. The van der Waals surface area contributed by atoms with Gasteiger partial charge in [0.05, 0.1) is 7.11 Å². The number of hydrogen-bond acceptors (Lipinski definition) is 4. The quantitative estimate of drug-likeness (QED) is 0.433. The summed E-state index contributed by atoms with van der Waals surface area (Å²) in [6.07, 6.45) is 0.954. The van der Waals surface area contributed by atoms with Gasteiger partial charge in [0.25, 0.3) is 5.78 Å². The second kappa shape index (κ2) is 8.17. The van der Waals surface area contributed by atoms with Crippen LogP contribution in [0.15, 0.2) is 30.3 Å². The number of carbonyl (C=O) groups excluding carboxylic acids is 2. The van der Waals surface area contributed by atoms with Crippen LogP contribution in [0.4, 0.5) is 0 Å². The van der Waals surface area contributed by atoms with Crippen LogP contribution in [-0.2, 0) is 22.6 Å². The molecule has 0 radical (unpaired) electrons. The van der Waals surface area contributed by atoms with Crippen LogP contribution in [0.2, 0.25) is 5.02 Å². The van der Waals surface area contributed by atoms with Gasteiger partial charge in [-0.05, 0) is 49.1 Å². The lowest BCUT2D eigenvalue weighted by molar-refractivity contribution is -0.135. The molecule has 0 N–H and O–H groups in total. The monoisotopic (exact) mass is 360 g/mol. The average Bonchev–Trinajstić information content (AvgIpc) is 2.61. The molecule has 5 heteroatoms. The first-order chi connectivity index (χ1) is 11.9. The Bertz CT molecular complexity index is 812. The van der Waals surface area contributed by atoms with Gasteiger partial charge in [-0.1, -0.05) is 36.7 Å². The lowest BCUT2D eigenvalue weighted by atomic mass is 10.0. The molecule has 2 aromatic carbocycles. The summed E-state index contributed by atoms with van der Waals surface area (Å²) in [6.45, 7) is 6.20. The van der Waals surface area contributed by atoms with E-state index in [1.165, 1.54) is 12.7 Å². The molecule has 0 aromatic heterocycles. The predicted octanol–water partition coefficient (Wildman–Crippen LogP) is 4.45. The number of hydrogen-bond donors (Lipinski definition) is 0. The Morgan fingerprint density at radius 3 is 2.48 bits per heavy atom. The highest BCUT2D eigenvalue weighted by Gasteiger charge is 2.22. The summed E-state index contributed by atoms with van der Waals surface area (Å²) >= 11 is 6.22. The summed E-state index contributed by atoms with van der Waals surface area (Å²) < 4.78 is 10.4. The lowest BCUT2D eigenvalue weighted by Gasteiger charge is -2.15. The zero-order valence-corrected chi connectivity index (χ0v) is 15.6. The maximum absolute atomic E-state index is 12.2. The fourth-order valence-electron chi connectivity index (χ4n) is 2.66. The highest BCUT2D eigenvalue weighted by atomic mass is 35.5. The van der Waals surface area contributed by atoms with E-state index >= 15 is 0 Å². The van der Waals surface area contributed by atoms with Gasteiger partial charge in [0.1, 0.15) is 12.4 Å². The van der Waals surface area contributed by atoms with E-state index in [0.29, 0.717) is 10.6 Å². The second-order valence-corrected chi connectivity index (χ2v) is 6.18. The minimum absolute atomic E-state index is 0.0868. The molecule has 0 bridgehead atoms. The van der Waals surface area contributed by atoms with Gasteiger partial charge in [-0.3, -0.25) is 4.79 Å². The lowest BCUT2D eigenvalue weighted by Crippen LogP contribution is -2.18. The Morgan fingerprint density at radius 2 is 1.84 bits per heavy atom. The molecular weight excluding hydrogens is 340 g/mol. The third kappa shape index (κ3) is 4.20. The fourth-order valence-corrected chi connectivity index (χ4v) is 2.89. The minimum Gasteiger partial charge on any atom is -0.489 e. The van der Waals surface area contributed by atoms with Crippen LogP contribution in [0.3, 0.4) is 0 Å². The molecular formula is C20H21ClO4. The average molecular weight is 361 g/mol. The van der Waals surface area contributed by atoms with Crippen molar-refractivity contribution in [1.82, 2.24) is 0 Å². The van der Waals surface area contributed by atoms with Gasteiger partial charge in [0.15, 0.2) is 0 Å². The van der Waals surface area contributed by atoms with Crippen molar-refractivity contribution >= 4 is 23.4 Å². The van der Waals surface area contributed by atoms with E-state index in [9.17, 15) is 9.59 Å². The molecule has 0 unspecified atom stereocenters. The molecule has 0 atom stereocenters. The number of carbonyl (C=O) groups is 2. The van der Waals surface area contributed by atoms with Crippen molar-refractivity contribution in [3.05, 3.63) is 63.2 Å². The second-order valence-electron chi connectivity index (χ2n) is 5.77. The molecule has 0 saturated carbocycles. The van der Waals surface area contributed by atoms with Crippen LogP contribution < -0.4 is 4.74 Å². The van der Waals surface area contributed by atoms with E-state index in [2.05, 4.69) is 17.7 Å². The molecule has 0 aliphatic rings. The van der Waals surface area contributed by atoms with E-state index in [0.717, 1.165) is 23.3 Å². The van der Waals surface area contributed by atoms with Crippen LogP contribution in [0, 0.1) is 13.8 Å². The number of methoxy groups -OCH3 is 1. The first-order valence-electron chi connectivity index (χ1n) is 8.02. The van der Waals surface area contributed by atoms with Gasteiger partial charge in [-0.25, -0.2) is 4.79 Å². The number of ketones is 1. The first kappa shape index (κ1) is 19.0. The molecule has 2 rings (SSSR count). The van der Waals surface area contributed by atoms with Gasteiger partial charge in [-0.2, -0.15) is 0 Å². The Hall–Kier alpha value is -2.33. The van der Waals surface area contributed by atoms with E-state index in [4.69, 9.17) is 16.3 Å². The van der Waals surface area contributed by atoms with Gasteiger partial charge in [0, 0.05) is 16.1 Å². The Kier molecular flexibility index (Phi) is 6.21. The summed E-state index contributed by atoms with van der Waals surface area (Å²) in [7, 11) is 1.17. The maximum atomic E-state index is 12.2. The molecule has 0 spiro atoms. The van der Waals surface area contributed by atoms with Gasteiger partial charge in [-0.15, -0.1) is 0 Å². The van der Waals surface area contributed by atoms with E-state index in [1.807, 2.05) is 19.9 Å². The molecule has 0 aliphatic heterocycles. The SMILES string of the molecule is CCc1cc(C)c(OCc2c(Cl)cccc2C(=O)C(=O)OC)cc1C. The number of benzene rings is 2. The Morgan fingerprint density at radius 1 is 1.12 bits per heavy atom. The molecule has 4 nitrogen and oxygen atoms in total. The van der Waals surface area contributed by atoms with Crippen molar-refractivity contribution < 1.29 is 19.1 Å². The van der Waals surface area contributed by atoms with Crippen molar-refractivity contribution in [1.29, 1.82) is 0 Å². The number of ether oxygens (including phenoxy) is 2. The molecule has 0 aliphatic carbocycles. The minimum atomic E-state index is -0.928. The van der Waals surface area contributed by atoms with Gasteiger partial charge in [0.2, 0.25) is 0 Å². The number of aryl methyl sites for hydroxylation is 3. The molecule has 25 heavy (non-hydrogen) atoms. The number of Topliss-reactive ketones (excluding diaryl/α,β-unsaturated/α-hetero) is 1. The predicted molar refractivity (Wildman–Crippen MR) is 97.4 cm³/mol. The van der Waals surface area contributed by atoms with Crippen molar-refractivity contribution in [3.8, 4) is 5.75 Å². The van der Waals surface area contributed by atoms with Gasteiger partial charge >= 0.3 is 5.97 Å². The zero-order chi connectivity index (χ0) is 18.6. The van der Waals surface area contributed by atoms with E-state index in [1.54, 1.807) is 18.2 Å². The van der Waals surface area contributed by atoms with Crippen molar-refractivity contribution in [2.45, 2.75) is 33.8 Å². The van der Waals surface area contributed by atoms with Crippen LogP contribution in [0.25, 0.3) is 0 Å². The van der Waals surface area contributed by atoms with E-state index < -0.39 is 11.8 Å². The van der Waals surface area contributed by atoms with Crippen LogP contribution in [0.1, 0.15) is 39.5 Å². The molecule has 2 aromatic rings. The van der Waals surface area contributed by atoms with Crippen LogP contribution in [0.5, 0.6) is 5.75 Å². The number of halogens is 1. The Labute approximate surface area is 152 Å². The molecule has 0 saturated heterocycles. The standard InChI is InChI=1S/C20H21ClO4/c1-5-14-9-13(3)18(10-12(14)2)25-11-16-15(7-6-8-17(16)21)19(22)20(23)24-4/h6-10H,5,11H2,1-4H3. The van der Waals surface area contributed by atoms with Crippen LogP contribution in [-0.4, -0.2) is 18.9 Å². The first-order valence-corrected chi connectivity index (χ1v) is 8.39. The molecule has 0 amide bonds. The summed E-state index contributed by atoms with van der Waals surface area (Å²) in [4.78, 5) is 23.7. The fraction of sp³-hybridized carbons (Fsp3) is 0.300. The van der Waals surface area contributed by atoms with Crippen molar-refractivity contribution in [2.75, 3.05) is 7.11 Å². The molecule has 0 fully saturated rings. The number of esters is 1. The highest BCUT2D eigenvalue weighted by Crippen LogP contribution is 2.27. The topological polar surface area (TPSA) is 52.6 Å². The number of rotatable bonds is 6. The maximum Gasteiger partial charge on any atom is 0.379 e. The van der Waals surface area contributed by atoms with Gasteiger partial charge < -0.3 is 9.47 Å².